The van der Waals surface area contributed by atoms with Crippen LogP contribution in [0.1, 0.15) is 18.1 Å². The molecule has 0 unspecified atom stereocenters. The van der Waals surface area contributed by atoms with Gasteiger partial charge in [-0.15, -0.1) is 0 Å². The molecule has 190 valence electrons. The minimum absolute atomic E-state index is 0.0893. The molecule has 0 aliphatic rings. The van der Waals surface area contributed by atoms with Gasteiger partial charge in [0.1, 0.15) is 17.4 Å². The van der Waals surface area contributed by atoms with Crippen LogP contribution >= 0.6 is 0 Å². The summed E-state index contributed by atoms with van der Waals surface area (Å²) in [7, 11) is 0. The predicted molar refractivity (Wildman–Crippen MR) is 123 cm³/mol. The Morgan fingerprint density at radius 2 is 1.08 bits per heavy atom. The molecule has 4 rings (SSSR count). The Morgan fingerprint density at radius 3 is 1.57 bits per heavy atom. The van der Waals surface area contributed by atoms with Gasteiger partial charge in [0, 0.05) is 17.7 Å². The molecule has 0 bridgehead atoms. The molecule has 0 saturated heterocycles. The summed E-state index contributed by atoms with van der Waals surface area (Å²) in [6, 6.07) is 15.9. The lowest BCUT2D eigenvalue weighted by Crippen LogP contribution is -2.23. The fourth-order valence-electron chi connectivity index (χ4n) is 3.59. The number of allylic oxidation sites excluding steroid dienone is 1. The van der Waals surface area contributed by atoms with Crippen molar-refractivity contribution in [3.05, 3.63) is 119 Å². The highest BCUT2D eigenvalue weighted by Crippen LogP contribution is 2.36. The van der Waals surface area contributed by atoms with Gasteiger partial charge in [-0.1, -0.05) is 54.6 Å². The summed E-state index contributed by atoms with van der Waals surface area (Å²) in [5, 5.41) is 0. The molecular formula is C28H16F8O. The zero-order valence-electron chi connectivity index (χ0n) is 18.9. The highest BCUT2D eigenvalue weighted by Gasteiger charge is 2.38. The summed E-state index contributed by atoms with van der Waals surface area (Å²) in [6.45, 7) is 1.01. The summed E-state index contributed by atoms with van der Waals surface area (Å²) in [5.41, 5.74) is 1.05. The van der Waals surface area contributed by atoms with Gasteiger partial charge in [0.05, 0.1) is 5.56 Å². The molecule has 0 N–H and O–H groups in total. The van der Waals surface area contributed by atoms with Crippen molar-refractivity contribution in [1.82, 2.24) is 0 Å². The van der Waals surface area contributed by atoms with Crippen molar-refractivity contribution in [1.29, 1.82) is 0 Å². The van der Waals surface area contributed by atoms with Crippen molar-refractivity contribution >= 4 is 5.83 Å². The van der Waals surface area contributed by atoms with Crippen LogP contribution < -0.4 is 4.74 Å². The zero-order chi connectivity index (χ0) is 26.9. The van der Waals surface area contributed by atoms with Gasteiger partial charge >= 0.3 is 6.11 Å². The van der Waals surface area contributed by atoms with Gasteiger partial charge in [-0.2, -0.15) is 8.78 Å². The van der Waals surface area contributed by atoms with E-state index in [1.54, 1.807) is 36.4 Å². The first-order valence-corrected chi connectivity index (χ1v) is 10.7. The molecule has 9 heteroatoms. The highest BCUT2D eigenvalue weighted by atomic mass is 19.3. The summed E-state index contributed by atoms with van der Waals surface area (Å²) in [4.78, 5) is 0. The topological polar surface area (TPSA) is 9.23 Å². The lowest BCUT2D eigenvalue weighted by atomic mass is 9.98. The maximum Gasteiger partial charge on any atom is 0.429 e. The zero-order valence-corrected chi connectivity index (χ0v) is 18.9. The van der Waals surface area contributed by atoms with E-state index in [0.717, 1.165) is 19.1 Å². The third-order valence-corrected chi connectivity index (χ3v) is 5.48. The minimum Gasteiger partial charge on any atom is -0.429 e. The number of ether oxygens (including phenoxy) is 1. The van der Waals surface area contributed by atoms with Crippen molar-refractivity contribution in [3.8, 4) is 28.0 Å². The van der Waals surface area contributed by atoms with Crippen LogP contribution in [0, 0.1) is 23.3 Å². The Labute approximate surface area is 206 Å². The van der Waals surface area contributed by atoms with E-state index in [1.165, 1.54) is 18.2 Å². The molecule has 4 aromatic rings. The molecule has 0 radical (unpaired) electrons. The van der Waals surface area contributed by atoms with E-state index in [0.29, 0.717) is 16.7 Å². The van der Waals surface area contributed by atoms with E-state index < -0.39 is 52.3 Å². The van der Waals surface area contributed by atoms with Gasteiger partial charge < -0.3 is 4.74 Å². The molecule has 4 aromatic carbocycles. The smallest absolute Gasteiger partial charge is 0.429 e. The largest absolute Gasteiger partial charge is 0.429 e. The molecule has 0 aliphatic carbocycles. The highest BCUT2D eigenvalue weighted by molar-refractivity contribution is 5.72. The Kier molecular flexibility index (Phi) is 7.07. The Balaban J connectivity index is 1.55. The van der Waals surface area contributed by atoms with Gasteiger partial charge in [-0.05, 0) is 41.3 Å². The fraction of sp³-hybridized carbons (Fsp3) is 0.0714. The van der Waals surface area contributed by atoms with Crippen molar-refractivity contribution in [2.75, 3.05) is 0 Å². The van der Waals surface area contributed by atoms with E-state index in [1.807, 2.05) is 0 Å². The average Bonchev–Trinajstić information content (AvgIpc) is 2.86. The average molecular weight is 520 g/mol. The maximum atomic E-state index is 14.6. The molecule has 0 atom stereocenters. The van der Waals surface area contributed by atoms with Gasteiger partial charge in [0.25, 0.3) is 0 Å². The molecule has 0 aliphatic heterocycles. The van der Waals surface area contributed by atoms with E-state index in [2.05, 4.69) is 4.74 Å². The second kappa shape index (κ2) is 10.1. The minimum atomic E-state index is -4.31. The normalized spacial score (nSPS) is 12.4. The van der Waals surface area contributed by atoms with Crippen LogP contribution in [-0.2, 0) is 6.11 Å². The van der Waals surface area contributed by atoms with E-state index in [9.17, 15) is 35.1 Å². The van der Waals surface area contributed by atoms with Crippen molar-refractivity contribution in [3.63, 3.8) is 0 Å². The Hall–Kier alpha value is -4.14. The number of hydrogen-bond donors (Lipinski definition) is 0. The molecule has 0 fully saturated rings. The van der Waals surface area contributed by atoms with E-state index in [4.69, 9.17) is 0 Å². The number of alkyl halides is 2. The molecule has 0 aromatic heterocycles. The van der Waals surface area contributed by atoms with Crippen LogP contribution in [0.25, 0.3) is 28.1 Å². The van der Waals surface area contributed by atoms with Crippen LogP contribution in [0.2, 0.25) is 0 Å². The first-order chi connectivity index (χ1) is 17.5. The predicted octanol–water partition coefficient (Wildman–Crippen LogP) is 9.33. The van der Waals surface area contributed by atoms with Gasteiger partial charge in [-0.3, -0.25) is 0 Å². The number of hydrogen-bond acceptors (Lipinski definition) is 1. The lowest BCUT2D eigenvalue weighted by molar-refractivity contribution is -0.187. The summed E-state index contributed by atoms with van der Waals surface area (Å²) in [5.74, 6) is -9.58. The van der Waals surface area contributed by atoms with Crippen LogP contribution in [0.4, 0.5) is 35.1 Å². The van der Waals surface area contributed by atoms with Crippen LogP contribution in [-0.4, -0.2) is 0 Å². The molecule has 0 amide bonds. The van der Waals surface area contributed by atoms with Gasteiger partial charge in [0.2, 0.25) is 0 Å². The van der Waals surface area contributed by atoms with Crippen molar-refractivity contribution in [2.24, 2.45) is 0 Å². The quantitative estimate of drug-likeness (QED) is 0.182. The van der Waals surface area contributed by atoms with Crippen molar-refractivity contribution < 1.29 is 39.9 Å². The lowest BCUT2D eigenvalue weighted by Gasteiger charge is -2.19. The molecular weight excluding hydrogens is 504 g/mol. The number of halogens is 8. The first-order valence-electron chi connectivity index (χ1n) is 10.7. The molecule has 0 heterocycles. The Morgan fingerprint density at radius 1 is 0.622 bits per heavy atom. The third-order valence-electron chi connectivity index (χ3n) is 5.48. The third kappa shape index (κ3) is 5.50. The molecule has 1 nitrogen and oxygen atoms in total. The molecule has 37 heavy (non-hydrogen) atoms. The standard InChI is InChI=1S/C28H16F8O/c1-15(29)26(33)19-8-6-17(7-9-19)16-2-4-18(5-3-16)20-10-11-22(23(30)12-20)28(35,36)37-21-13-24(31)27(34)25(32)14-21/h2-14H,1H3. The number of benzene rings is 4. The second-order valence-corrected chi connectivity index (χ2v) is 8.02. The Bertz CT molecular complexity index is 1450. The summed E-state index contributed by atoms with van der Waals surface area (Å²) < 4.78 is 114. The molecule has 0 spiro atoms. The van der Waals surface area contributed by atoms with Crippen molar-refractivity contribution in [2.45, 2.75) is 13.0 Å². The summed E-state index contributed by atoms with van der Waals surface area (Å²) in [6.07, 6.45) is -4.31. The van der Waals surface area contributed by atoms with E-state index >= 15 is 0 Å². The fourth-order valence-corrected chi connectivity index (χ4v) is 3.59. The monoisotopic (exact) mass is 520 g/mol. The number of rotatable bonds is 6. The van der Waals surface area contributed by atoms with Gasteiger partial charge in [0.15, 0.2) is 23.3 Å². The van der Waals surface area contributed by atoms with Gasteiger partial charge in [-0.25, -0.2) is 26.3 Å². The summed E-state index contributed by atoms with van der Waals surface area (Å²) >= 11 is 0. The SMILES string of the molecule is CC(F)=C(F)c1ccc(-c2ccc(-c3ccc(C(F)(F)Oc4cc(F)c(F)c(F)c4)c(F)c3)cc2)cc1. The molecule has 0 saturated carbocycles. The van der Waals surface area contributed by atoms with Crippen LogP contribution in [0.5, 0.6) is 5.75 Å². The van der Waals surface area contributed by atoms with E-state index in [-0.39, 0.29) is 23.3 Å². The van der Waals surface area contributed by atoms with Crippen LogP contribution in [0.15, 0.2) is 84.7 Å². The first kappa shape index (κ1) is 25.9. The second-order valence-electron chi connectivity index (χ2n) is 8.02. The van der Waals surface area contributed by atoms with Crippen LogP contribution in [0.3, 0.4) is 0 Å². The maximum absolute atomic E-state index is 14.6.